The average molecular weight is 467 g/mol. The lowest BCUT2D eigenvalue weighted by molar-refractivity contribution is 0.0737. The minimum absolute atomic E-state index is 0.0393. The van der Waals surface area contributed by atoms with Crippen molar-refractivity contribution >= 4 is 22.5 Å². The van der Waals surface area contributed by atoms with E-state index in [0.29, 0.717) is 38.4 Å². The van der Waals surface area contributed by atoms with Crippen molar-refractivity contribution < 1.29 is 9.53 Å². The van der Waals surface area contributed by atoms with Crippen LogP contribution in [-0.4, -0.2) is 47.1 Å². The van der Waals surface area contributed by atoms with Crippen LogP contribution >= 0.6 is 0 Å². The Hall–Kier alpha value is -3.77. The Labute approximate surface area is 206 Å². The summed E-state index contributed by atoms with van der Waals surface area (Å²) in [6, 6.07) is 22.1. The molecule has 0 saturated carbocycles. The highest BCUT2D eigenvalue weighted by Gasteiger charge is 2.24. The van der Waals surface area contributed by atoms with Gasteiger partial charge < -0.3 is 15.0 Å². The maximum Gasteiger partial charge on any atom is 0.254 e. The van der Waals surface area contributed by atoms with Gasteiger partial charge in [-0.05, 0) is 54.8 Å². The largest absolute Gasteiger partial charge is 0.379 e. The number of aromatic nitrogens is 2. The number of anilines is 1. The molecule has 178 valence electrons. The molecule has 1 saturated heterocycles. The van der Waals surface area contributed by atoms with E-state index in [9.17, 15) is 4.79 Å². The standard InChI is InChI=1S/C29H30N4O2/c1-21-10-11-25(17-27(21)32-18-26-9-2-3-12-30-26)29(34)33-14-15-35-20-22(19-33)16-24-7-4-6-23-8-5-13-31-28(23)24/h2-13,17,22,32H,14-16,18-20H2,1H3. The van der Waals surface area contributed by atoms with Crippen LogP contribution in [0.25, 0.3) is 10.9 Å². The number of nitrogens with zero attached hydrogens (tertiary/aromatic N) is 3. The van der Waals surface area contributed by atoms with E-state index >= 15 is 0 Å². The third kappa shape index (κ3) is 5.49. The van der Waals surface area contributed by atoms with Crippen LogP contribution in [0.15, 0.2) is 79.1 Å². The second-order valence-electron chi connectivity index (χ2n) is 9.09. The molecule has 1 atom stereocenters. The summed E-state index contributed by atoms with van der Waals surface area (Å²) in [7, 11) is 0. The lowest BCUT2D eigenvalue weighted by atomic mass is 9.97. The van der Waals surface area contributed by atoms with Gasteiger partial charge >= 0.3 is 0 Å². The highest BCUT2D eigenvalue weighted by molar-refractivity contribution is 5.95. The Balaban J connectivity index is 1.30. The SMILES string of the molecule is Cc1ccc(C(=O)N2CCOCC(Cc3cccc4cccnc34)C2)cc1NCc1ccccn1. The summed E-state index contributed by atoms with van der Waals surface area (Å²) in [6.45, 7) is 5.09. The van der Waals surface area contributed by atoms with Crippen molar-refractivity contribution in [3.63, 3.8) is 0 Å². The van der Waals surface area contributed by atoms with Gasteiger partial charge in [-0.25, -0.2) is 0 Å². The van der Waals surface area contributed by atoms with Gasteiger partial charge in [0.2, 0.25) is 0 Å². The summed E-state index contributed by atoms with van der Waals surface area (Å²) in [5.41, 5.74) is 5.91. The van der Waals surface area contributed by atoms with E-state index < -0.39 is 0 Å². The molecule has 5 rings (SSSR count). The molecule has 1 amide bonds. The first-order valence-electron chi connectivity index (χ1n) is 12.1. The molecule has 1 N–H and O–H groups in total. The Bertz CT molecular complexity index is 1300. The number of fused-ring (bicyclic) bond motifs is 1. The van der Waals surface area contributed by atoms with Crippen molar-refractivity contribution in [2.75, 3.05) is 31.6 Å². The molecule has 6 nitrogen and oxygen atoms in total. The molecule has 0 spiro atoms. The van der Waals surface area contributed by atoms with Crippen LogP contribution in [0.3, 0.4) is 0 Å². The molecule has 1 aliphatic heterocycles. The van der Waals surface area contributed by atoms with E-state index in [1.54, 1.807) is 6.20 Å². The summed E-state index contributed by atoms with van der Waals surface area (Å²) < 4.78 is 5.90. The summed E-state index contributed by atoms with van der Waals surface area (Å²) in [4.78, 5) is 24.4. The zero-order chi connectivity index (χ0) is 24.0. The summed E-state index contributed by atoms with van der Waals surface area (Å²) in [5.74, 6) is 0.249. The van der Waals surface area contributed by atoms with E-state index in [1.165, 1.54) is 5.56 Å². The zero-order valence-electron chi connectivity index (χ0n) is 20.0. The molecule has 1 fully saturated rings. The van der Waals surface area contributed by atoms with E-state index in [0.717, 1.165) is 34.3 Å². The molecule has 6 heteroatoms. The number of rotatable bonds is 6. The fourth-order valence-electron chi connectivity index (χ4n) is 4.65. The minimum atomic E-state index is 0.0393. The Morgan fingerprint density at radius 2 is 1.94 bits per heavy atom. The first kappa shape index (κ1) is 23.0. The molecular formula is C29H30N4O2. The zero-order valence-corrected chi connectivity index (χ0v) is 20.0. The molecule has 4 aromatic rings. The molecule has 35 heavy (non-hydrogen) atoms. The van der Waals surface area contributed by atoms with Crippen LogP contribution in [0.4, 0.5) is 5.69 Å². The minimum Gasteiger partial charge on any atom is -0.379 e. The van der Waals surface area contributed by atoms with E-state index in [-0.39, 0.29) is 11.8 Å². The number of hydrogen-bond acceptors (Lipinski definition) is 5. The van der Waals surface area contributed by atoms with Gasteiger partial charge in [0.25, 0.3) is 5.91 Å². The maximum atomic E-state index is 13.5. The van der Waals surface area contributed by atoms with Crippen molar-refractivity contribution in [2.24, 2.45) is 5.92 Å². The van der Waals surface area contributed by atoms with E-state index in [4.69, 9.17) is 4.74 Å². The predicted octanol–water partition coefficient (Wildman–Crippen LogP) is 4.88. The molecule has 1 unspecified atom stereocenters. The second kappa shape index (κ2) is 10.7. The number of carbonyl (C=O) groups is 1. The first-order valence-corrected chi connectivity index (χ1v) is 12.1. The first-order chi connectivity index (χ1) is 17.2. The van der Waals surface area contributed by atoms with Crippen molar-refractivity contribution in [1.29, 1.82) is 0 Å². The second-order valence-corrected chi connectivity index (χ2v) is 9.09. The maximum absolute atomic E-state index is 13.5. The third-order valence-corrected chi connectivity index (χ3v) is 6.52. The smallest absolute Gasteiger partial charge is 0.254 e. The van der Waals surface area contributed by atoms with Gasteiger partial charge in [0, 0.05) is 48.0 Å². The molecule has 2 aromatic heterocycles. The Kier molecular flexibility index (Phi) is 7.00. The van der Waals surface area contributed by atoms with Gasteiger partial charge in [-0.3, -0.25) is 14.8 Å². The number of amides is 1. The molecule has 0 aliphatic carbocycles. The lowest BCUT2D eigenvalue weighted by Crippen LogP contribution is -2.36. The van der Waals surface area contributed by atoms with Crippen molar-refractivity contribution in [1.82, 2.24) is 14.9 Å². The normalized spacial score (nSPS) is 16.1. The number of ether oxygens (including phenoxy) is 1. The Morgan fingerprint density at radius 1 is 1.06 bits per heavy atom. The van der Waals surface area contributed by atoms with Crippen LogP contribution in [0, 0.1) is 12.8 Å². The van der Waals surface area contributed by atoms with Gasteiger partial charge in [0.05, 0.1) is 31.0 Å². The number of para-hydroxylation sites is 1. The topological polar surface area (TPSA) is 67.4 Å². The predicted molar refractivity (Wildman–Crippen MR) is 138 cm³/mol. The number of nitrogens with one attached hydrogen (secondary N) is 1. The van der Waals surface area contributed by atoms with Gasteiger partial charge in [0.15, 0.2) is 0 Å². The molecule has 3 heterocycles. The van der Waals surface area contributed by atoms with E-state index in [2.05, 4.69) is 39.6 Å². The van der Waals surface area contributed by atoms with Crippen LogP contribution < -0.4 is 5.32 Å². The molecule has 0 bridgehead atoms. The highest BCUT2D eigenvalue weighted by atomic mass is 16.5. The highest BCUT2D eigenvalue weighted by Crippen LogP contribution is 2.23. The number of benzene rings is 2. The third-order valence-electron chi connectivity index (χ3n) is 6.52. The summed E-state index contributed by atoms with van der Waals surface area (Å²) in [5, 5.41) is 4.57. The molecule has 1 aliphatic rings. The van der Waals surface area contributed by atoms with Gasteiger partial charge in [-0.15, -0.1) is 0 Å². The molecular weight excluding hydrogens is 436 g/mol. The van der Waals surface area contributed by atoms with Crippen LogP contribution in [-0.2, 0) is 17.7 Å². The summed E-state index contributed by atoms with van der Waals surface area (Å²) >= 11 is 0. The van der Waals surface area contributed by atoms with Gasteiger partial charge in [0.1, 0.15) is 0 Å². The number of pyridine rings is 2. The van der Waals surface area contributed by atoms with Crippen LogP contribution in [0.2, 0.25) is 0 Å². The molecule has 2 aromatic carbocycles. The fraction of sp³-hybridized carbons (Fsp3) is 0.276. The lowest BCUT2D eigenvalue weighted by Gasteiger charge is -2.24. The Morgan fingerprint density at radius 3 is 2.83 bits per heavy atom. The van der Waals surface area contributed by atoms with Crippen molar-refractivity contribution in [3.8, 4) is 0 Å². The van der Waals surface area contributed by atoms with Crippen LogP contribution in [0.1, 0.15) is 27.2 Å². The van der Waals surface area contributed by atoms with Crippen molar-refractivity contribution in [2.45, 2.75) is 19.9 Å². The fourth-order valence-corrected chi connectivity index (χ4v) is 4.65. The number of hydrogen-bond donors (Lipinski definition) is 1. The average Bonchev–Trinajstić information content (AvgIpc) is 3.14. The summed E-state index contributed by atoms with van der Waals surface area (Å²) in [6.07, 6.45) is 4.45. The monoisotopic (exact) mass is 466 g/mol. The van der Waals surface area contributed by atoms with E-state index in [1.807, 2.05) is 60.5 Å². The van der Waals surface area contributed by atoms with Crippen LogP contribution in [0.5, 0.6) is 0 Å². The number of aryl methyl sites for hydroxylation is 1. The van der Waals surface area contributed by atoms with Gasteiger partial charge in [-0.2, -0.15) is 0 Å². The van der Waals surface area contributed by atoms with Gasteiger partial charge in [-0.1, -0.05) is 36.4 Å². The van der Waals surface area contributed by atoms with Crippen molar-refractivity contribution in [3.05, 3.63) is 102 Å². The molecule has 0 radical (unpaired) electrons. The quantitative estimate of drug-likeness (QED) is 0.439. The number of carbonyl (C=O) groups excluding carboxylic acids is 1.